The van der Waals surface area contributed by atoms with Gasteiger partial charge < -0.3 is 19.3 Å². The van der Waals surface area contributed by atoms with Crippen molar-refractivity contribution in [3.05, 3.63) is 53.6 Å². The highest BCUT2D eigenvalue weighted by atomic mass is 16.5. The molecule has 3 rings (SSSR count). The lowest BCUT2D eigenvalue weighted by molar-refractivity contribution is -0.132. The molecule has 25 heavy (non-hydrogen) atoms. The molecule has 1 aliphatic rings. The average Bonchev–Trinajstić information content (AvgIpc) is 2.55. The second-order valence-corrected chi connectivity index (χ2v) is 5.82. The normalized spacial score (nSPS) is 18.7. The van der Waals surface area contributed by atoms with Gasteiger partial charge in [-0.3, -0.25) is 9.59 Å². The fourth-order valence-electron chi connectivity index (χ4n) is 2.83. The van der Waals surface area contributed by atoms with Crippen LogP contribution in [0.4, 0.5) is 0 Å². The molecule has 1 N–H and O–H groups in total. The van der Waals surface area contributed by atoms with E-state index in [2.05, 4.69) is 0 Å². The molecule has 0 fully saturated rings. The van der Waals surface area contributed by atoms with Gasteiger partial charge in [0.15, 0.2) is 0 Å². The Morgan fingerprint density at radius 2 is 1.60 bits per heavy atom. The first-order valence-electron chi connectivity index (χ1n) is 7.85. The Bertz CT molecular complexity index is 796. The monoisotopic (exact) mass is 342 g/mol. The molecule has 1 heterocycles. The third-order valence-corrected chi connectivity index (χ3v) is 3.93. The number of benzene rings is 2. The second-order valence-electron chi connectivity index (χ2n) is 5.82. The Morgan fingerprint density at radius 3 is 2.24 bits per heavy atom. The van der Waals surface area contributed by atoms with Crippen LogP contribution >= 0.6 is 0 Å². The Labute approximate surface area is 144 Å². The predicted molar refractivity (Wildman–Crippen MR) is 88.7 cm³/mol. The van der Waals surface area contributed by atoms with Gasteiger partial charge >= 0.3 is 11.9 Å². The van der Waals surface area contributed by atoms with Crippen molar-refractivity contribution >= 4 is 11.9 Å². The van der Waals surface area contributed by atoms with Gasteiger partial charge in [0.05, 0.1) is 12.7 Å². The van der Waals surface area contributed by atoms with Gasteiger partial charge in [-0.25, -0.2) is 0 Å². The number of carbonyl (C=O) groups excluding carboxylic acids is 2. The van der Waals surface area contributed by atoms with Crippen LogP contribution in [0.25, 0.3) is 0 Å². The number of hydrogen-bond acceptors (Lipinski definition) is 6. The van der Waals surface area contributed by atoms with Crippen LogP contribution in [0, 0.1) is 0 Å². The molecule has 1 aliphatic heterocycles. The zero-order valence-electron chi connectivity index (χ0n) is 13.9. The zero-order chi connectivity index (χ0) is 18.0. The van der Waals surface area contributed by atoms with Gasteiger partial charge in [0.1, 0.15) is 17.2 Å². The van der Waals surface area contributed by atoms with Crippen molar-refractivity contribution in [2.24, 2.45) is 0 Å². The molecule has 6 nitrogen and oxygen atoms in total. The van der Waals surface area contributed by atoms with Gasteiger partial charge in [0, 0.05) is 31.4 Å². The van der Waals surface area contributed by atoms with Gasteiger partial charge in [-0.05, 0) is 29.8 Å². The molecule has 6 heteroatoms. The van der Waals surface area contributed by atoms with Gasteiger partial charge in [0.2, 0.25) is 0 Å². The van der Waals surface area contributed by atoms with E-state index >= 15 is 0 Å². The summed E-state index contributed by atoms with van der Waals surface area (Å²) in [6.45, 7) is 2.95. The van der Waals surface area contributed by atoms with E-state index in [-0.39, 0.29) is 18.5 Å². The van der Waals surface area contributed by atoms with Crippen molar-refractivity contribution in [3.8, 4) is 17.2 Å². The topological polar surface area (TPSA) is 82.1 Å². The van der Waals surface area contributed by atoms with Crippen molar-refractivity contribution < 1.29 is 28.9 Å². The molecule has 2 aromatic rings. The minimum absolute atomic E-state index is 0.251. The van der Waals surface area contributed by atoms with Gasteiger partial charge in [-0.2, -0.15) is 0 Å². The standard InChI is InChI=1S/C19H18O6/c1-11(20)24-14-5-3-13(4-6-14)17-10-23-18-9-15(25-12(2)21)7-8-16(18)19(17)22/h3-9,17,19,22H,10H2,1-2H3/t17-,19-/m0/s1. The fourth-order valence-corrected chi connectivity index (χ4v) is 2.83. The molecule has 0 amide bonds. The third-order valence-electron chi connectivity index (χ3n) is 3.93. The van der Waals surface area contributed by atoms with Crippen molar-refractivity contribution in [2.45, 2.75) is 25.9 Å². The quantitative estimate of drug-likeness (QED) is 0.682. The maximum atomic E-state index is 11.0. The van der Waals surface area contributed by atoms with E-state index < -0.39 is 12.1 Å². The third kappa shape index (κ3) is 3.80. The lowest BCUT2D eigenvalue weighted by Gasteiger charge is -2.30. The largest absolute Gasteiger partial charge is 0.492 e. The number of aliphatic hydroxyl groups excluding tert-OH is 1. The van der Waals surface area contributed by atoms with Crippen LogP contribution in [0.1, 0.15) is 37.0 Å². The number of esters is 2. The fraction of sp³-hybridized carbons (Fsp3) is 0.263. The summed E-state index contributed by atoms with van der Waals surface area (Å²) in [6, 6.07) is 11.9. The van der Waals surface area contributed by atoms with Crippen LogP contribution in [0.5, 0.6) is 17.2 Å². The number of carbonyl (C=O) groups is 2. The summed E-state index contributed by atoms with van der Waals surface area (Å²) < 4.78 is 15.8. The number of rotatable bonds is 3. The van der Waals surface area contributed by atoms with Crippen molar-refractivity contribution in [1.29, 1.82) is 0 Å². The Morgan fingerprint density at radius 1 is 1.00 bits per heavy atom. The lowest BCUT2D eigenvalue weighted by atomic mass is 9.87. The first-order chi connectivity index (χ1) is 11.9. The number of aliphatic hydroxyl groups is 1. The molecule has 2 atom stereocenters. The van der Waals surface area contributed by atoms with Crippen LogP contribution in [-0.2, 0) is 9.59 Å². The summed E-state index contributed by atoms with van der Waals surface area (Å²) in [5.41, 5.74) is 1.51. The van der Waals surface area contributed by atoms with Gasteiger partial charge in [0.25, 0.3) is 0 Å². The summed E-state index contributed by atoms with van der Waals surface area (Å²) in [4.78, 5) is 22.0. The van der Waals surface area contributed by atoms with Crippen molar-refractivity contribution in [3.63, 3.8) is 0 Å². The van der Waals surface area contributed by atoms with Crippen LogP contribution in [0.3, 0.4) is 0 Å². The van der Waals surface area contributed by atoms with Crippen molar-refractivity contribution in [2.75, 3.05) is 6.61 Å². The Hall–Kier alpha value is -2.86. The highest BCUT2D eigenvalue weighted by Gasteiger charge is 2.31. The predicted octanol–water partition coefficient (Wildman–Crippen LogP) is 2.75. The first-order valence-corrected chi connectivity index (χ1v) is 7.85. The minimum atomic E-state index is -0.755. The molecule has 0 aromatic heterocycles. The molecular formula is C19H18O6. The zero-order valence-corrected chi connectivity index (χ0v) is 13.9. The molecule has 0 unspecified atom stereocenters. The highest BCUT2D eigenvalue weighted by molar-refractivity contribution is 5.70. The van der Waals surface area contributed by atoms with E-state index in [1.54, 1.807) is 42.5 Å². The second kappa shape index (κ2) is 6.94. The summed E-state index contributed by atoms with van der Waals surface area (Å²) in [7, 11) is 0. The maximum Gasteiger partial charge on any atom is 0.308 e. The van der Waals surface area contributed by atoms with Crippen LogP contribution in [-0.4, -0.2) is 23.7 Å². The maximum absolute atomic E-state index is 11.0. The lowest BCUT2D eigenvalue weighted by Crippen LogP contribution is -2.24. The molecule has 0 saturated carbocycles. The Balaban J connectivity index is 1.80. The number of hydrogen-bond donors (Lipinski definition) is 1. The number of fused-ring (bicyclic) bond motifs is 1. The molecule has 0 saturated heterocycles. The molecule has 0 spiro atoms. The van der Waals surface area contributed by atoms with E-state index in [1.807, 2.05) is 0 Å². The summed E-state index contributed by atoms with van der Waals surface area (Å²) in [5.74, 6) is 0.280. The molecular weight excluding hydrogens is 324 g/mol. The molecule has 130 valence electrons. The summed E-state index contributed by atoms with van der Waals surface area (Å²) >= 11 is 0. The van der Waals surface area contributed by atoms with Gasteiger partial charge in [-0.15, -0.1) is 0 Å². The van der Waals surface area contributed by atoms with E-state index in [4.69, 9.17) is 14.2 Å². The highest BCUT2D eigenvalue weighted by Crippen LogP contribution is 2.42. The minimum Gasteiger partial charge on any atom is -0.492 e. The number of ether oxygens (including phenoxy) is 3. The summed E-state index contributed by atoms with van der Waals surface area (Å²) in [6.07, 6.45) is -0.755. The SMILES string of the molecule is CC(=O)Oc1ccc([C@@H]2COc3cc(OC(C)=O)ccc3[C@@H]2O)cc1. The van der Waals surface area contributed by atoms with Gasteiger partial charge in [-0.1, -0.05) is 12.1 Å². The average molecular weight is 342 g/mol. The van der Waals surface area contributed by atoms with Crippen LogP contribution in [0.15, 0.2) is 42.5 Å². The molecule has 0 bridgehead atoms. The molecule has 0 aliphatic carbocycles. The van der Waals surface area contributed by atoms with Crippen LogP contribution < -0.4 is 14.2 Å². The van der Waals surface area contributed by atoms with Crippen LogP contribution in [0.2, 0.25) is 0 Å². The van der Waals surface area contributed by atoms with E-state index in [1.165, 1.54) is 13.8 Å². The Kier molecular flexibility index (Phi) is 4.72. The van der Waals surface area contributed by atoms with E-state index in [0.717, 1.165) is 5.56 Å². The summed E-state index contributed by atoms with van der Waals surface area (Å²) in [5, 5.41) is 10.7. The van der Waals surface area contributed by atoms with E-state index in [9.17, 15) is 14.7 Å². The first kappa shape index (κ1) is 17.0. The smallest absolute Gasteiger partial charge is 0.308 e. The molecule has 0 radical (unpaired) electrons. The molecule has 2 aromatic carbocycles. The van der Waals surface area contributed by atoms with Crippen molar-refractivity contribution in [1.82, 2.24) is 0 Å². The van der Waals surface area contributed by atoms with E-state index in [0.29, 0.717) is 22.8 Å².